The van der Waals surface area contributed by atoms with Crippen molar-refractivity contribution in [3.8, 4) is 11.5 Å². The minimum absolute atomic E-state index is 0.187. The first-order valence-corrected chi connectivity index (χ1v) is 7.10. The van der Waals surface area contributed by atoms with E-state index in [0.29, 0.717) is 19.0 Å². The van der Waals surface area contributed by atoms with Gasteiger partial charge >= 0.3 is 0 Å². The van der Waals surface area contributed by atoms with Gasteiger partial charge in [0.15, 0.2) is 11.6 Å². The Balaban J connectivity index is 2.03. The van der Waals surface area contributed by atoms with Gasteiger partial charge in [-0.2, -0.15) is 0 Å². The number of hydrogen-bond donors (Lipinski definition) is 0. The van der Waals surface area contributed by atoms with E-state index < -0.39 is 10.7 Å². The van der Waals surface area contributed by atoms with Crippen LogP contribution in [0.3, 0.4) is 0 Å². The first kappa shape index (κ1) is 15.8. The maximum Gasteiger partial charge on any atom is 0.165 e. The minimum Gasteiger partial charge on any atom is -0.454 e. The quantitative estimate of drug-likeness (QED) is 0.687. The summed E-state index contributed by atoms with van der Waals surface area (Å²) in [6.45, 7) is 4.54. The van der Waals surface area contributed by atoms with Crippen molar-refractivity contribution < 1.29 is 13.9 Å². The van der Waals surface area contributed by atoms with Gasteiger partial charge in [-0.1, -0.05) is 24.3 Å². The van der Waals surface area contributed by atoms with E-state index in [1.165, 1.54) is 6.07 Å². The molecule has 0 fully saturated rings. The van der Waals surface area contributed by atoms with Gasteiger partial charge in [0, 0.05) is 0 Å². The molecule has 0 saturated heterocycles. The molecule has 0 bridgehead atoms. The Morgan fingerprint density at radius 2 is 1.81 bits per heavy atom. The highest BCUT2D eigenvalue weighted by molar-refractivity contribution is 6.23. The summed E-state index contributed by atoms with van der Waals surface area (Å²) in [6, 6.07) is 13.8. The Hall–Kier alpha value is -1.58. The van der Waals surface area contributed by atoms with Gasteiger partial charge in [-0.15, -0.1) is 11.6 Å². The first-order chi connectivity index (χ1) is 9.94. The van der Waals surface area contributed by atoms with Gasteiger partial charge in [0.25, 0.3) is 0 Å². The molecule has 0 N–H and O–H groups in total. The van der Waals surface area contributed by atoms with Crippen LogP contribution in [0.5, 0.6) is 11.5 Å². The van der Waals surface area contributed by atoms with Crippen LogP contribution in [0.15, 0.2) is 48.5 Å². The van der Waals surface area contributed by atoms with E-state index in [1.807, 2.05) is 32.0 Å². The Morgan fingerprint density at radius 3 is 2.48 bits per heavy atom. The van der Waals surface area contributed by atoms with Crippen molar-refractivity contribution in [2.75, 3.05) is 6.61 Å². The fourth-order valence-corrected chi connectivity index (χ4v) is 1.82. The number of hydrogen-bond acceptors (Lipinski definition) is 2. The van der Waals surface area contributed by atoms with Gasteiger partial charge in [-0.25, -0.2) is 4.39 Å². The Labute approximate surface area is 129 Å². The van der Waals surface area contributed by atoms with Crippen LogP contribution in [0.2, 0.25) is 0 Å². The lowest BCUT2D eigenvalue weighted by atomic mass is 10.2. The van der Waals surface area contributed by atoms with E-state index in [4.69, 9.17) is 21.1 Å². The molecule has 2 aromatic carbocycles. The molecule has 2 nitrogen and oxygen atoms in total. The van der Waals surface area contributed by atoms with Gasteiger partial charge in [0.1, 0.15) is 5.75 Å². The Kier molecular flexibility index (Phi) is 5.21. The maximum absolute atomic E-state index is 13.8. The van der Waals surface area contributed by atoms with E-state index in [0.717, 1.165) is 5.56 Å². The predicted octanol–water partition coefficient (Wildman–Crippen LogP) is 5.15. The zero-order chi connectivity index (χ0) is 15.3. The smallest absolute Gasteiger partial charge is 0.165 e. The molecule has 0 aromatic heterocycles. The monoisotopic (exact) mass is 308 g/mol. The van der Waals surface area contributed by atoms with E-state index in [1.54, 1.807) is 24.3 Å². The largest absolute Gasteiger partial charge is 0.454 e. The van der Waals surface area contributed by atoms with Crippen LogP contribution in [0.25, 0.3) is 0 Å². The molecule has 0 saturated carbocycles. The second-order valence-corrected chi connectivity index (χ2v) is 6.41. The molecule has 21 heavy (non-hydrogen) atoms. The Bertz CT molecular complexity index is 579. The summed E-state index contributed by atoms with van der Waals surface area (Å²) >= 11 is 6.05. The third kappa shape index (κ3) is 5.37. The highest BCUT2D eigenvalue weighted by atomic mass is 35.5. The highest BCUT2D eigenvalue weighted by Gasteiger charge is 2.13. The van der Waals surface area contributed by atoms with E-state index in [9.17, 15) is 4.39 Å². The van der Waals surface area contributed by atoms with Gasteiger partial charge in [-0.05, 0) is 43.7 Å². The normalized spacial score (nSPS) is 11.4. The number of halogens is 2. The van der Waals surface area contributed by atoms with Gasteiger partial charge < -0.3 is 9.47 Å². The summed E-state index contributed by atoms with van der Waals surface area (Å²) in [6.07, 6.45) is 0. The van der Waals surface area contributed by atoms with Crippen molar-refractivity contribution in [1.29, 1.82) is 0 Å². The zero-order valence-electron chi connectivity index (χ0n) is 12.1. The van der Waals surface area contributed by atoms with Gasteiger partial charge in [-0.3, -0.25) is 0 Å². The molecule has 0 atom stereocenters. The standard InChI is InChI=1S/C17H18ClFO2/c1-17(2,18)12-20-11-13-8-9-15(19)16(10-13)21-14-6-4-3-5-7-14/h3-10H,11-12H2,1-2H3. The molecule has 0 unspecified atom stereocenters. The SMILES string of the molecule is CC(C)(Cl)COCc1ccc(F)c(Oc2ccccc2)c1. The molecule has 4 heteroatoms. The van der Waals surface area contributed by atoms with E-state index in [-0.39, 0.29) is 5.75 Å². The number of para-hydroxylation sites is 1. The van der Waals surface area contributed by atoms with Crippen LogP contribution in [0.1, 0.15) is 19.4 Å². The molecular formula is C17H18ClFO2. The molecule has 0 radical (unpaired) electrons. The number of benzene rings is 2. The molecule has 2 rings (SSSR count). The maximum atomic E-state index is 13.8. The van der Waals surface area contributed by atoms with Crippen molar-refractivity contribution in [2.45, 2.75) is 25.3 Å². The predicted molar refractivity (Wildman–Crippen MR) is 82.5 cm³/mol. The lowest BCUT2D eigenvalue weighted by molar-refractivity contribution is 0.104. The summed E-state index contributed by atoms with van der Waals surface area (Å²) in [5, 5.41) is 0. The number of ether oxygens (including phenoxy) is 2. The second kappa shape index (κ2) is 6.92. The first-order valence-electron chi connectivity index (χ1n) is 6.72. The van der Waals surface area contributed by atoms with Crippen molar-refractivity contribution in [3.63, 3.8) is 0 Å². The molecule has 2 aromatic rings. The van der Waals surface area contributed by atoms with Crippen LogP contribution in [-0.2, 0) is 11.3 Å². The summed E-state index contributed by atoms with van der Waals surface area (Å²) < 4.78 is 24.8. The summed E-state index contributed by atoms with van der Waals surface area (Å²) in [5.74, 6) is 0.379. The van der Waals surface area contributed by atoms with Gasteiger partial charge in [0.05, 0.1) is 18.1 Å². The Morgan fingerprint density at radius 1 is 1.10 bits per heavy atom. The molecule has 0 aliphatic carbocycles. The molecule has 0 aliphatic heterocycles. The molecule has 112 valence electrons. The lowest BCUT2D eigenvalue weighted by Crippen LogP contribution is -2.18. The minimum atomic E-state index is -0.413. The molecular weight excluding hydrogens is 291 g/mol. The van der Waals surface area contributed by atoms with Crippen molar-refractivity contribution in [2.24, 2.45) is 0 Å². The third-order valence-electron chi connectivity index (χ3n) is 2.68. The topological polar surface area (TPSA) is 18.5 Å². The van der Waals surface area contributed by atoms with Crippen LogP contribution >= 0.6 is 11.6 Å². The fraction of sp³-hybridized carbons (Fsp3) is 0.294. The second-order valence-electron chi connectivity index (χ2n) is 5.39. The average Bonchev–Trinajstić information content (AvgIpc) is 2.42. The summed E-state index contributed by atoms with van der Waals surface area (Å²) in [5.41, 5.74) is 0.836. The van der Waals surface area contributed by atoms with Crippen molar-refractivity contribution >= 4 is 11.6 Å². The molecule has 0 aliphatic rings. The van der Waals surface area contributed by atoms with Crippen LogP contribution in [0, 0.1) is 5.82 Å². The van der Waals surface area contributed by atoms with E-state index in [2.05, 4.69) is 0 Å². The summed E-state index contributed by atoms with van der Waals surface area (Å²) in [7, 11) is 0. The fourth-order valence-electron chi connectivity index (χ4n) is 1.74. The van der Waals surface area contributed by atoms with Crippen LogP contribution in [0.4, 0.5) is 4.39 Å². The van der Waals surface area contributed by atoms with Crippen LogP contribution < -0.4 is 4.74 Å². The molecule has 0 amide bonds. The molecule has 0 heterocycles. The average molecular weight is 309 g/mol. The third-order valence-corrected chi connectivity index (χ3v) is 2.79. The highest BCUT2D eigenvalue weighted by Crippen LogP contribution is 2.25. The van der Waals surface area contributed by atoms with Crippen molar-refractivity contribution in [1.82, 2.24) is 0 Å². The molecule has 0 spiro atoms. The van der Waals surface area contributed by atoms with Crippen molar-refractivity contribution in [3.05, 3.63) is 59.9 Å². The lowest BCUT2D eigenvalue weighted by Gasteiger charge is -2.16. The van der Waals surface area contributed by atoms with E-state index >= 15 is 0 Å². The number of alkyl halides is 1. The zero-order valence-corrected chi connectivity index (χ0v) is 12.9. The number of rotatable bonds is 6. The van der Waals surface area contributed by atoms with Crippen LogP contribution in [-0.4, -0.2) is 11.5 Å². The summed E-state index contributed by atoms with van der Waals surface area (Å²) in [4.78, 5) is -0.413. The van der Waals surface area contributed by atoms with Gasteiger partial charge in [0.2, 0.25) is 0 Å².